The van der Waals surface area contributed by atoms with Crippen LogP contribution in [0.15, 0.2) is 41.8 Å². The molecule has 0 amide bonds. The van der Waals surface area contributed by atoms with Crippen LogP contribution >= 0.6 is 22.7 Å². The average molecular weight is 243 g/mol. The molecule has 0 atom stereocenters. The standard InChI is InChI=1S/C13H9NS2/c1-2-6-12-11(5-1)14-13(16-12)8-7-10-4-3-9-15-10/h1-9H. The maximum atomic E-state index is 4.55. The Bertz CT molecular complexity index is 587. The summed E-state index contributed by atoms with van der Waals surface area (Å²) in [6, 6.07) is 12.4. The van der Waals surface area contributed by atoms with Crippen LogP contribution in [0.4, 0.5) is 0 Å². The van der Waals surface area contributed by atoms with E-state index in [-0.39, 0.29) is 0 Å². The molecule has 2 aromatic heterocycles. The molecule has 3 rings (SSSR count). The van der Waals surface area contributed by atoms with Crippen LogP contribution in [0.3, 0.4) is 0 Å². The molecule has 2 heterocycles. The Balaban J connectivity index is 1.95. The summed E-state index contributed by atoms with van der Waals surface area (Å²) in [4.78, 5) is 5.81. The summed E-state index contributed by atoms with van der Waals surface area (Å²) in [5, 5.41) is 3.15. The van der Waals surface area contributed by atoms with Crippen molar-refractivity contribution in [2.24, 2.45) is 0 Å². The fourth-order valence-electron chi connectivity index (χ4n) is 1.50. The summed E-state index contributed by atoms with van der Waals surface area (Å²) in [6.45, 7) is 0. The number of nitrogens with zero attached hydrogens (tertiary/aromatic N) is 1. The van der Waals surface area contributed by atoms with Crippen LogP contribution in [0.5, 0.6) is 0 Å². The first-order valence-electron chi connectivity index (χ1n) is 4.99. The fraction of sp³-hybridized carbons (Fsp3) is 0. The third-order valence-corrected chi connectivity index (χ3v) is 4.08. The molecule has 0 unspecified atom stereocenters. The van der Waals surface area contributed by atoms with Gasteiger partial charge >= 0.3 is 0 Å². The fourth-order valence-corrected chi connectivity index (χ4v) is 2.99. The molecule has 0 bridgehead atoms. The Morgan fingerprint density at radius 1 is 1.00 bits per heavy atom. The minimum Gasteiger partial charge on any atom is -0.237 e. The zero-order valence-corrected chi connectivity index (χ0v) is 10.1. The highest BCUT2D eigenvalue weighted by Crippen LogP contribution is 2.23. The molecule has 0 saturated heterocycles. The molecule has 0 aliphatic rings. The zero-order valence-electron chi connectivity index (χ0n) is 8.46. The second-order valence-electron chi connectivity index (χ2n) is 3.37. The normalized spacial score (nSPS) is 11.5. The molecular weight excluding hydrogens is 234 g/mol. The van der Waals surface area contributed by atoms with E-state index >= 15 is 0 Å². The molecule has 3 aromatic rings. The molecule has 1 nitrogen and oxygen atoms in total. The molecule has 16 heavy (non-hydrogen) atoms. The molecule has 0 aliphatic carbocycles. The Morgan fingerprint density at radius 2 is 1.94 bits per heavy atom. The molecule has 0 N–H and O–H groups in total. The van der Waals surface area contributed by atoms with E-state index in [4.69, 9.17) is 0 Å². The van der Waals surface area contributed by atoms with E-state index in [0.29, 0.717) is 0 Å². The molecular formula is C13H9NS2. The topological polar surface area (TPSA) is 12.9 Å². The minimum atomic E-state index is 1.06. The van der Waals surface area contributed by atoms with Gasteiger partial charge in [0.25, 0.3) is 0 Å². The van der Waals surface area contributed by atoms with E-state index < -0.39 is 0 Å². The predicted molar refractivity (Wildman–Crippen MR) is 72.9 cm³/mol. The highest BCUT2D eigenvalue weighted by molar-refractivity contribution is 7.19. The molecule has 1 aromatic carbocycles. The first kappa shape index (κ1) is 9.75. The zero-order chi connectivity index (χ0) is 10.8. The van der Waals surface area contributed by atoms with Crippen LogP contribution in [0.25, 0.3) is 22.4 Å². The summed E-state index contributed by atoms with van der Waals surface area (Å²) in [6.07, 6.45) is 4.19. The summed E-state index contributed by atoms with van der Waals surface area (Å²) in [5.41, 5.74) is 1.08. The van der Waals surface area contributed by atoms with Gasteiger partial charge in [0, 0.05) is 4.88 Å². The van der Waals surface area contributed by atoms with Gasteiger partial charge in [0.15, 0.2) is 0 Å². The summed E-state index contributed by atoms with van der Waals surface area (Å²) in [7, 11) is 0. The maximum absolute atomic E-state index is 4.55. The van der Waals surface area contributed by atoms with Crippen molar-refractivity contribution in [1.29, 1.82) is 0 Å². The van der Waals surface area contributed by atoms with Gasteiger partial charge in [-0.15, -0.1) is 22.7 Å². The number of para-hydroxylation sites is 1. The van der Waals surface area contributed by atoms with E-state index in [0.717, 1.165) is 10.5 Å². The Kier molecular flexibility index (Phi) is 2.56. The minimum absolute atomic E-state index is 1.06. The Hall–Kier alpha value is -1.45. The van der Waals surface area contributed by atoms with Crippen LogP contribution in [-0.4, -0.2) is 4.98 Å². The van der Waals surface area contributed by atoms with Crippen molar-refractivity contribution in [3.8, 4) is 0 Å². The lowest BCUT2D eigenvalue weighted by atomic mass is 10.3. The number of fused-ring (bicyclic) bond motifs is 1. The third kappa shape index (κ3) is 1.92. The van der Waals surface area contributed by atoms with Gasteiger partial charge in [-0.25, -0.2) is 4.98 Å². The van der Waals surface area contributed by atoms with Gasteiger partial charge in [0.1, 0.15) is 5.01 Å². The Labute approximate surface area is 102 Å². The van der Waals surface area contributed by atoms with Crippen molar-refractivity contribution in [3.05, 3.63) is 51.7 Å². The number of hydrogen-bond acceptors (Lipinski definition) is 3. The van der Waals surface area contributed by atoms with Crippen LogP contribution in [0.2, 0.25) is 0 Å². The molecule has 3 heteroatoms. The maximum Gasteiger partial charge on any atom is 0.117 e. The van der Waals surface area contributed by atoms with E-state index in [1.54, 1.807) is 22.7 Å². The first-order chi connectivity index (χ1) is 7.92. The van der Waals surface area contributed by atoms with Gasteiger partial charge in [-0.3, -0.25) is 0 Å². The Morgan fingerprint density at radius 3 is 2.75 bits per heavy atom. The van der Waals surface area contributed by atoms with Crippen LogP contribution in [-0.2, 0) is 0 Å². The number of hydrogen-bond donors (Lipinski definition) is 0. The van der Waals surface area contributed by atoms with Crippen LogP contribution in [0.1, 0.15) is 9.88 Å². The third-order valence-electron chi connectivity index (χ3n) is 2.24. The van der Waals surface area contributed by atoms with Crippen molar-refractivity contribution < 1.29 is 0 Å². The highest BCUT2D eigenvalue weighted by atomic mass is 32.1. The lowest BCUT2D eigenvalue weighted by molar-refractivity contribution is 1.47. The van der Waals surface area contributed by atoms with E-state index in [1.165, 1.54) is 9.58 Å². The number of benzene rings is 1. The molecule has 0 radical (unpaired) electrons. The number of thiophene rings is 1. The van der Waals surface area contributed by atoms with E-state index in [1.807, 2.05) is 18.2 Å². The highest BCUT2D eigenvalue weighted by Gasteiger charge is 1.99. The van der Waals surface area contributed by atoms with Gasteiger partial charge in [-0.05, 0) is 35.7 Å². The molecule has 0 fully saturated rings. The van der Waals surface area contributed by atoms with Crippen LogP contribution in [0, 0.1) is 0 Å². The molecule has 78 valence electrons. The van der Waals surface area contributed by atoms with Gasteiger partial charge in [-0.2, -0.15) is 0 Å². The smallest absolute Gasteiger partial charge is 0.117 e. The molecule has 0 spiro atoms. The first-order valence-corrected chi connectivity index (χ1v) is 6.68. The second kappa shape index (κ2) is 4.20. The monoisotopic (exact) mass is 243 g/mol. The van der Waals surface area contributed by atoms with E-state index in [9.17, 15) is 0 Å². The quantitative estimate of drug-likeness (QED) is 0.644. The van der Waals surface area contributed by atoms with Crippen molar-refractivity contribution in [3.63, 3.8) is 0 Å². The second-order valence-corrected chi connectivity index (χ2v) is 5.41. The predicted octanol–water partition coefficient (Wildman–Crippen LogP) is 4.53. The van der Waals surface area contributed by atoms with Crippen molar-refractivity contribution in [1.82, 2.24) is 4.98 Å². The number of aromatic nitrogens is 1. The number of rotatable bonds is 2. The largest absolute Gasteiger partial charge is 0.237 e. The SMILES string of the molecule is C(=Cc1nc2ccccc2s1)c1cccs1. The number of thiazole rings is 1. The van der Waals surface area contributed by atoms with Crippen molar-refractivity contribution in [2.45, 2.75) is 0 Å². The van der Waals surface area contributed by atoms with Gasteiger partial charge in [-0.1, -0.05) is 18.2 Å². The lowest BCUT2D eigenvalue weighted by Gasteiger charge is -1.81. The molecule has 0 aliphatic heterocycles. The summed E-state index contributed by atoms with van der Waals surface area (Å²) >= 11 is 3.46. The summed E-state index contributed by atoms with van der Waals surface area (Å²) < 4.78 is 1.24. The molecule has 0 saturated carbocycles. The summed E-state index contributed by atoms with van der Waals surface area (Å²) in [5.74, 6) is 0. The van der Waals surface area contributed by atoms with Gasteiger partial charge < -0.3 is 0 Å². The van der Waals surface area contributed by atoms with Crippen molar-refractivity contribution >= 4 is 45.0 Å². The van der Waals surface area contributed by atoms with Crippen molar-refractivity contribution in [2.75, 3.05) is 0 Å². The average Bonchev–Trinajstić information content (AvgIpc) is 2.95. The lowest BCUT2D eigenvalue weighted by Crippen LogP contribution is -1.67. The van der Waals surface area contributed by atoms with Gasteiger partial charge in [0.2, 0.25) is 0 Å². The van der Waals surface area contributed by atoms with E-state index in [2.05, 4.69) is 40.7 Å². The van der Waals surface area contributed by atoms with Gasteiger partial charge in [0.05, 0.1) is 10.2 Å². The van der Waals surface area contributed by atoms with Crippen LogP contribution < -0.4 is 0 Å².